The van der Waals surface area contributed by atoms with Gasteiger partial charge in [0.1, 0.15) is 5.82 Å². The van der Waals surface area contributed by atoms with Gasteiger partial charge in [0, 0.05) is 18.1 Å². The van der Waals surface area contributed by atoms with Gasteiger partial charge in [0.25, 0.3) is 0 Å². The van der Waals surface area contributed by atoms with Crippen LogP contribution in [0.15, 0.2) is 18.3 Å². The van der Waals surface area contributed by atoms with E-state index in [-0.39, 0.29) is 7.43 Å². The molecular weight excluding hydrogens is 198 g/mol. The zero-order chi connectivity index (χ0) is 11.0. The van der Waals surface area contributed by atoms with E-state index in [0.29, 0.717) is 12.4 Å². The third kappa shape index (κ3) is 1.74. The van der Waals surface area contributed by atoms with Crippen LogP contribution in [0.25, 0.3) is 10.8 Å². The number of fused-ring (bicyclic) bond motifs is 1. The van der Waals surface area contributed by atoms with Gasteiger partial charge in [0.05, 0.1) is 0 Å². The molecule has 0 saturated carbocycles. The minimum Gasteiger partial charge on any atom is -0.383 e. The topological polar surface area (TPSA) is 64.9 Å². The Morgan fingerprint density at radius 1 is 1.25 bits per heavy atom. The monoisotopic (exact) mass is 217 g/mol. The van der Waals surface area contributed by atoms with Gasteiger partial charge in [-0.3, -0.25) is 0 Å². The molecule has 16 heavy (non-hydrogen) atoms. The predicted octanol–water partition coefficient (Wildman–Crippen LogP) is 2.53. The molecule has 3 heteroatoms. The molecule has 0 radical (unpaired) electrons. The summed E-state index contributed by atoms with van der Waals surface area (Å²) >= 11 is 0. The van der Waals surface area contributed by atoms with Crippen molar-refractivity contribution >= 4 is 16.6 Å². The average molecular weight is 217 g/mol. The van der Waals surface area contributed by atoms with E-state index in [4.69, 9.17) is 11.5 Å². The maximum Gasteiger partial charge on any atom is 0.131 e. The first-order chi connectivity index (χ1) is 7.15. The maximum absolute atomic E-state index is 5.84. The van der Waals surface area contributed by atoms with Crippen molar-refractivity contribution in [2.45, 2.75) is 27.8 Å². The largest absolute Gasteiger partial charge is 0.383 e. The smallest absolute Gasteiger partial charge is 0.131 e. The van der Waals surface area contributed by atoms with Crippen LogP contribution in [0, 0.1) is 13.8 Å². The first kappa shape index (κ1) is 12.5. The highest BCUT2D eigenvalue weighted by atomic mass is 14.8. The molecule has 0 aliphatic carbocycles. The highest BCUT2D eigenvalue weighted by Gasteiger charge is 2.08. The van der Waals surface area contributed by atoms with E-state index in [1.54, 1.807) is 6.20 Å². The van der Waals surface area contributed by atoms with E-state index < -0.39 is 0 Å². The lowest BCUT2D eigenvalue weighted by molar-refractivity contribution is 1.03. The Labute approximate surface area is 96.5 Å². The minimum atomic E-state index is 0. The lowest BCUT2D eigenvalue weighted by Crippen LogP contribution is -2.03. The lowest BCUT2D eigenvalue weighted by Gasteiger charge is -2.12. The molecule has 0 fully saturated rings. The Hall–Kier alpha value is -1.61. The summed E-state index contributed by atoms with van der Waals surface area (Å²) in [6, 6.07) is 4.05. The number of nitrogen functional groups attached to an aromatic ring is 1. The van der Waals surface area contributed by atoms with Crippen LogP contribution in [-0.2, 0) is 6.54 Å². The Bertz CT molecular complexity index is 518. The van der Waals surface area contributed by atoms with Crippen molar-refractivity contribution in [1.82, 2.24) is 4.98 Å². The number of benzene rings is 1. The Morgan fingerprint density at radius 2 is 1.94 bits per heavy atom. The molecule has 0 bridgehead atoms. The van der Waals surface area contributed by atoms with Crippen LogP contribution < -0.4 is 11.5 Å². The molecule has 1 heterocycles. The summed E-state index contributed by atoms with van der Waals surface area (Å²) in [6.07, 6.45) is 1.74. The van der Waals surface area contributed by atoms with E-state index in [2.05, 4.69) is 24.9 Å². The predicted molar refractivity (Wildman–Crippen MR) is 70.3 cm³/mol. The van der Waals surface area contributed by atoms with E-state index in [9.17, 15) is 0 Å². The first-order valence-corrected chi connectivity index (χ1v) is 4.98. The first-order valence-electron chi connectivity index (χ1n) is 4.98. The van der Waals surface area contributed by atoms with Crippen LogP contribution in [-0.4, -0.2) is 4.98 Å². The van der Waals surface area contributed by atoms with Crippen molar-refractivity contribution in [3.8, 4) is 0 Å². The Kier molecular flexibility index (Phi) is 3.50. The third-order valence-electron chi connectivity index (χ3n) is 2.92. The molecule has 0 aliphatic rings. The SMILES string of the molecule is C.Cc1cc2c(N)nccc2c(C)c1CN. The van der Waals surface area contributed by atoms with Gasteiger partial charge in [-0.1, -0.05) is 7.43 Å². The lowest BCUT2D eigenvalue weighted by atomic mass is 9.96. The fraction of sp³-hybridized carbons (Fsp3) is 0.308. The third-order valence-corrected chi connectivity index (χ3v) is 2.92. The molecular formula is C13H19N3. The maximum atomic E-state index is 5.84. The molecule has 4 N–H and O–H groups in total. The van der Waals surface area contributed by atoms with Crippen LogP contribution in [0.5, 0.6) is 0 Å². The summed E-state index contributed by atoms with van der Waals surface area (Å²) in [5.74, 6) is 0.585. The Morgan fingerprint density at radius 3 is 2.56 bits per heavy atom. The van der Waals surface area contributed by atoms with E-state index >= 15 is 0 Å². The highest BCUT2D eigenvalue weighted by Crippen LogP contribution is 2.27. The molecule has 86 valence electrons. The van der Waals surface area contributed by atoms with Crippen molar-refractivity contribution < 1.29 is 0 Å². The number of hydrogen-bond donors (Lipinski definition) is 2. The molecule has 1 aromatic heterocycles. The van der Waals surface area contributed by atoms with Crippen molar-refractivity contribution in [3.63, 3.8) is 0 Å². The van der Waals surface area contributed by atoms with E-state index in [0.717, 1.165) is 10.8 Å². The van der Waals surface area contributed by atoms with Gasteiger partial charge >= 0.3 is 0 Å². The molecule has 0 spiro atoms. The molecule has 0 amide bonds. The summed E-state index contributed by atoms with van der Waals surface area (Å²) in [6.45, 7) is 4.70. The van der Waals surface area contributed by atoms with Crippen LogP contribution in [0.2, 0.25) is 0 Å². The number of aromatic nitrogens is 1. The van der Waals surface area contributed by atoms with Crippen LogP contribution in [0.4, 0.5) is 5.82 Å². The molecule has 2 rings (SSSR count). The summed E-state index contributed by atoms with van der Waals surface area (Å²) < 4.78 is 0. The fourth-order valence-electron chi connectivity index (χ4n) is 2.04. The van der Waals surface area contributed by atoms with Crippen LogP contribution in [0.3, 0.4) is 0 Å². The number of pyridine rings is 1. The van der Waals surface area contributed by atoms with Gasteiger partial charge in [0.2, 0.25) is 0 Å². The standard InChI is InChI=1S/C12H15N3.CH4/c1-7-5-10-9(3-4-15-12(10)14)8(2)11(7)6-13;/h3-5H,6,13H2,1-2H3,(H2,14,15);1H4. The van der Waals surface area contributed by atoms with E-state index in [1.807, 2.05) is 6.07 Å². The number of aryl methyl sites for hydroxylation is 2. The molecule has 3 nitrogen and oxygen atoms in total. The van der Waals surface area contributed by atoms with Crippen molar-refractivity contribution in [2.24, 2.45) is 5.73 Å². The van der Waals surface area contributed by atoms with Gasteiger partial charge in [0.15, 0.2) is 0 Å². The number of anilines is 1. The average Bonchev–Trinajstić information content (AvgIpc) is 2.20. The second-order valence-electron chi connectivity index (χ2n) is 3.79. The van der Waals surface area contributed by atoms with Crippen molar-refractivity contribution in [3.05, 3.63) is 35.0 Å². The minimum absolute atomic E-state index is 0. The van der Waals surface area contributed by atoms with Gasteiger partial charge in [-0.15, -0.1) is 0 Å². The number of rotatable bonds is 1. The van der Waals surface area contributed by atoms with Crippen LogP contribution in [0.1, 0.15) is 24.1 Å². The van der Waals surface area contributed by atoms with Gasteiger partial charge in [-0.05, 0) is 48.1 Å². The summed E-state index contributed by atoms with van der Waals surface area (Å²) in [4.78, 5) is 4.09. The molecule has 2 aromatic rings. The Balaban J connectivity index is 0.00000128. The summed E-state index contributed by atoms with van der Waals surface area (Å²) in [7, 11) is 0. The quantitative estimate of drug-likeness (QED) is 0.771. The molecule has 0 aliphatic heterocycles. The number of hydrogen-bond acceptors (Lipinski definition) is 3. The molecule has 0 saturated heterocycles. The number of nitrogens with two attached hydrogens (primary N) is 2. The summed E-state index contributed by atoms with van der Waals surface area (Å²) in [5.41, 5.74) is 15.2. The normalized spacial score (nSPS) is 10.2. The van der Waals surface area contributed by atoms with Gasteiger partial charge in [-0.25, -0.2) is 4.98 Å². The fourth-order valence-corrected chi connectivity index (χ4v) is 2.04. The summed E-state index contributed by atoms with van der Waals surface area (Å²) in [5, 5.41) is 2.17. The van der Waals surface area contributed by atoms with Gasteiger partial charge in [-0.2, -0.15) is 0 Å². The van der Waals surface area contributed by atoms with Crippen molar-refractivity contribution in [1.29, 1.82) is 0 Å². The second-order valence-corrected chi connectivity index (χ2v) is 3.79. The molecule has 0 atom stereocenters. The number of nitrogens with zero attached hydrogens (tertiary/aromatic N) is 1. The van der Waals surface area contributed by atoms with Crippen LogP contribution >= 0.6 is 0 Å². The van der Waals surface area contributed by atoms with Crippen molar-refractivity contribution in [2.75, 3.05) is 5.73 Å². The van der Waals surface area contributed by atoms with E-state index in [1.165, 1.54) is 16.7 Å². The zero-order valence-electron chi connectivity index (χ0n) is 9.04. The van der Waals surface area contributed by atoms with Gasteiger partial charge < -0.3 is 11.5 Å². The second kappa shape index (κ2) is 4.49. The highest BCUT2D eigenvalue weighted by molar-refractivity contribution is 5.94. The zero-order valence-corrected chi connectivity index (χ0v) is 9.04. The molecule has 0 unspecified atom stereocenters. The molecule has 1 aromatic carbocycles.